The molecule has 0 aromatic heterocycles. The summed E-state index contributed by atoms with van der Waals surface area (Å²) < 4.78 is 10.0. The topological polar surface area (TPSA) is 55.8 Å². The van der Waals surface area contributed by atoms with Crippen LogP contribution in [0.25, 0.3) is 0 Å². The molecular weight excluding hydrogens is 196 g/mol. The Bertz CT molecular complexity index is 335. The van der Waals surface area contributed by atoms with Gasteiger partial charge in [-0.15, -0.1) is 0 Å². The van der Waals surface area contributed by atoms with Crippen LogP contribution in [0.3, 0.4) is 0 Å². The van der Waals surface area contributed by atoms with Gasteiger partial charge >= 0.3 is 0 Å². The number of carbonyl (C=O) groups is 1. The van der Waals surface area contributed by atoms with Crippen LogP contribution in [0.2, 0.25) is 0 Å². The fourth-order valence-corrected chi connectivity index (χ4v) is 1.19. The molecule has 0 aliphatic heterocycles. The third-order valence-corrected chi connectivity index (χ3v) is 2.02. The number of ether oxygens (including phenoxy) is 2. The van der Waals surface area contributed by atoms with E-state index in [1.165, 1.54) is 21.1 Å². The first-order valence-corrected chi connectivity index (χ1v) is 4.54. The number of benzene rings is 1. The van der Waals surface area contributed by atoms with Crippen molar-refractivity contribution in [3.8, 4) is 11.5 Å². The molecule has 0 heterocycles. The van der Waals surface area contributed by atoms with Gasteiger partial charge in [-0.2, -0.15) is 0 Å². The van der Waals surface area contributed by atoms with E-state index < -0.39 is 6.10 Å². The molecule has 0 fully saturated rings. The van der Waals surface area contributed by atoms with E-state index >= 15 is 0 Å². The zero-order chi connectivity index (χ0) is 11.4. The third-order valence-electron chi connectivity index (χ3n) is 2.02. The molecule has 0 saturated carbocycles. The molecule has 1 aromatic rings. The van der Waals surface area contributed by atoms with Crippen LogP contribution in [-0.2, 0) is 0 Å². The summed E-state index contributed by atoms with van der Waals surface area (Å²) in [6, 6.07) is 4.80. The Labute approximate surface area is 88.4 Å². The van der Waals surface area contributed by atoms with Gasteiger partial charge in [-0.3, -0.25) is 4.79 Å². The van der Waals surface area contributed by atoms with Gasteiger partial charge < -0.3 is 14.6 Å². The van der Waals surface area contributed by atoms with Gasteiger partial charge in [0.05, 0.1) is 14.2 Å². The summed E-state index contributed by atoms with van der Waals surface area (Å²) in [7, 11) is 3.01. The zero-order valence-corrected chi connectivity index (χ0v) is 8.98. The predicted molar refractivity (Wildman–Crippen MR) is 55.6 cm³/mol. The maximum atomic E-state index is 11.5. The Morgan fingerprint density at radius 1 is 1.20 bits per heavy atom. The van der Waals surface area contributed by atoms with Gasteiger partial charge in [-0.25, -0.2) is 0 Å². The minimum absolute atomic E-state index is 0.354. The van der Waals surface area contributed by atoms with Crippen molar-refractivity contribution in [2.24, 2.45) is 0 Å². The van der Waals surface area contributed by atoms with Crippen LogP contribution >= 0.6 is 0 Å². The monoisotopic (exact) mass is 210 g/mol. The van der Waals surface area contributed by atoms with E-state index in [2.05, 4.69) is 0 Å². The van der Waals surface area contributed by atoms with Crippen LogP contribution in [0.5, 0.6) is 11.5 Å². The highest BCUT2D eigenvalue weighted by atomic mass is 16.5. The quantitative estimate of drug-likeness (QED) is 0.760. The lowest BCUT2D eigenvalue weighted by Crippen LogP contribution is -2.16. The van der Waals surface area contributed by atoms with E-state index in [0.717, 1.165) is 0 Å². The number of carbonyl (C=O) groups excluding carboxylic acids is 1. The Morgan fingerprint density at radius 2 is 1.67 bits per heavy atom. The lowest BCUT2D eigenvalue weighted by molar-refractivity contribution is 0.0779. The number of aliphatic hydroxyl groups excluding tert-OH is 1. The highest BCUT2D eigenvalue weighted by Crippen LogP contribution is 2.23. The second kappa shape index (κ2) is 4.79. The Hall–Kier alpha value is -1.55. The first kappa shape index (κ1) is 11.5. The van der Waals surface area contributed by atoms with E-state index in [0.29, 0.717) is 17.1 Å². The summed E-state index contributed by atoms with van der Waals surface area (Å²) in [5.41, 5.74) is 0.376. The predicted octanol–water partition coefficient (Wildman–Crippen LogP) is 1.27. The first-order valence-electron chi connectivity index (χ1n) is 4.54. The second-order valence-electron chi connectivity index (χ2n) is 3.14. The van der Waals surface area contributed by atoms with Crippen molar-refractivity contribution in [1.82, 2.24) is 0 Å². The zero-order valence-electron chi connectivity index (χ0n) is 8.98. The molecule has 0 radical (unpaired) electrons. The van der Waals surface area contributed by atoms with Gasteiger partial charge in [-0.1, -0.05) is 0 Å². The van der Waals surface area contributed by atoms with Gasteiger partial charge in [0.25, 0.3) is 0 Å². The smallest absolute Gasteiger partial charge is 0.191 e. The highest BCUT2D eigenvalue weighted by Gasteiger charge is 2.14. The molecule has 0 amide bonds. The van der Waals surface area contributed by atoms with Gasteiger partial charge in [0.1, 0.15) is 17.6 Å². The van der Waals surface area contributed by atoms with Gasteiger partial charge in [0, 0.05) is 11.6 Å². The normalized spacial score (nSPS) is 12.0. The van der Waals surface area contributed by atoms with Gasteiger partial charge in [-0.05, 0) is 19.1 Å². The van der Waals surface area contributed by atoms with Crippen LogP contribution in [-0.4, -0.2) is 31.2 Å². The summed E-state index contributed by atoms with van der Waals surface area (Å²) in [6.45, 7) is 1.42. The molecule has 1 unspecified atom stereocenters. The number of Topliss-reactive ketones (excluding diaryl/α,β-unsaturated/α-hetero) is 1. The number of aliphatic hydroxyl groups is 1. The third kappa shape index (κ3) is 2.70. The average Bonchev–Trinajstić information content (AvgIpc) is 2.27. The summed E-state index contributed by atoms with van der Waals surface area (Å²) in [6.07, 6.45) is -1.03. The standard InChI is InChI=1S/C11H14O4/c1-7(12)11(13)8-4-9(14-2)6-10(5-8)15-3/h4-7,12H,1-3H3. The molecule has 4 heteroatoms. The molecule has 82 valence electrons. The van der Waals surface area contributed by atoms with Crippen molar-refractivity contribution in [3.63, 3.8) is 0 Å². The molecule has 0 spiro atoms. The fourth-order valence-electron chi connectivity index (χ4n) is 1.19. The van der Waals surface area contributed by atoms with E-state index in [4.69, 9.17) is 9.47 Å². The molecule has 1 N–H and O–H groups in total. The highest BCUT2D eigenvalue weighted by molar-refractivity contribution is 5.99. The van der Waals surface area contributed by atoms with Gasteiger partial charge in [0.15, 0.2) is 5.78 Å². The second-order valence-corrected chi connectivity index (χ2v) is 3.14. The van der Waals surface area contributed by atoms with Crippen molar-refractivity contribution < 1.29 is 19.4 Å². The molecule has 1 aromatic carbocycles. The first-order chi connectivity index (χ1) is 7.08. The SMILES string of the molecule is COc1cc(OC)cc(C(=O)C(C)O)c1. The summed E-state index contributed by atoms with van der Waals surface area (Å²) in [5.74, 6) is 0.698. The van der Waals surface area contributed by atoms with Crippen molar-refractivity contribution in [2.45, 2.75) is 13.0 Å². The van der Waals surface area contributed by atoms with Gasteiger partial charge in [0.2, 0.25) is 0 Å². The van der Waals surface area contributed by atoms with Crippen LogP contribution in [0.15, 0.2) is 18.2 Å². The van der Waals surface area contributed by atoms with Crippen LogP contribution in [0.1, 0.15) is 17.3 Å². The van der Waals surface area contributed by atoms with Crippen molar-refractivity contribution in [1.29, 1.82) is 0 Å². The summed E-state index contributed by atoms with van der Waals surface area (Å²) >= 11 is 0. The molecule has 1 atom stereocenters. The van der Waals surface area contributed by atoms with Crippen LogP contribution in [0.4, 0.5) is 0 Å². The maximum Gasteiger partial charge on any atom is 0.191 e. The maximum absolute atomic E-state index is 11.5. The average molecular weight is 210 g/mol. The Kier molecular flexibility index (Phi) is 3.68. The molecule has 1 rings (SSSR count). The number of hydrogen-bond donors (Lipinski definition) is 1. The van der Waals surface area contributed by atoms with Crippen molar-refractivity contribution in [3.05, 3.63) is 23.8 Å². The van der Waals surface area contributed by atoms with E-state index in [1.807, 2.05) is 0 Å². The number of ketones is 1. The number of rotatable bonds is 4. The van der Waals surface area contributed by atoms with E-state index in [-0.39, 0.29) is 5.78 Å². The molecule has 0 aliphatic rings. The largest absolute Gasteiger partial charge is 0.497 e. The summed E-state index contributed by atoms with van der Waals surface area (Å²) in [5, 5.41) is 9.17. The number of hydrogen-bond acceptors (Lipinski definition) is 4. The molecule has 0 aliphatic carbocycles. The van der Waals surface area contributed by atoms with Crippen LogP contribution < -0.4 is 9.47 Å². The van der Waals surface area contributed by atoms with E-state index in [9.17, 15) is 9.90 Å². The molecule has 0 bridgehead atoms. The lowest BCUT2D eigenvalue weighted by Gasteiger charge is -2.08. The Morgan fingerprint density at radius 3 is 2.00 bits per heavy atom. The lowest BCUT2D eigenvalue weighted by atomic mass is 10.1. The molecule has 15 heavy (non-hydrogen) atoms. The minimum Gasteiger partial charge on any atom is -0.497 e. The van der Waals surface area contributed by atoms with Crippen LogP contribution in [0, 0.1) is 0 Å². The molecular formula is C11H14O4. The number of methoxy groups -OCH3 is 2. The minimum atomic E-state index is -1.03. The molecule has 4 nitrogen and oxygen atoms in total. The fraction of sp³-hybridized carbons (Fsp3) is 0.364. The van der Waals surface area contributed by atoms with E-state index in [1.54, 1.807) is 18.2 Å². The van der Waals surface area contributed by atoms with Crippen molar-refractivity contribution in [2.75, 3.05) is 14.2 Å². The molecule has 0 saturated heterocycles. The Balaban J connectivity index is 3.12. The van der Waals surface area contributed by atoms with Crippen molar-refractivity contribution >= 4 is 5.78 Å². The summed E-state index contributed by atoms with van der Waals surface area (Å²) in [4.78, 5) is 11.5.